The highest BCUT2D eigenvalue weighted by molar-refractivity contribution is 5.38. The average molecular weight is 241 g/mol. The molecule has 6 nitrogen and oxygen atoms in total. The van der Waals surface area contributed by atoms with E-state index >= 15 is 0 Å². The summed E-state index contributed by atoms with van der Waals surface area (Å²) in [5.74, 6) is 2.52. The summed E-state index contributed by atoms with van der Waals surface area (Å²) in [5, 5.41) is 15.6. The maximum atomic E-state index is 8.65. The molecule has 1 saturated carbocycles. The number of hydrogen-bond acceptors (Lipinski definition) is 6. The third-order valence-corrected chi connectivity index (χ3v) is 2.73. The summed E-state index contributed by atoms with van der Waals surface area (Å²) >= 11 is 0. The van der Waals surface area contributed by atoms with Crippen molar-refractivity contribution in [1.82, 2.24) is 15.1 Å². The van der Waals surface area contributed by atoms with Crippen LogP contribution >= 0.6 is 0 Å². The zero-order valence-corrected chi connectivity index (χ0v) is 9.63. The fraction of sp³-hybridized carbons (Fsp3) is 0.333. The van der Waals surface area contributed by atoms with Crippen molar-refractivity contribution in [3.8, 4) is 6.07 Å². The van der Waals surface area contributed by atoms with E-state index in [-0.39, 0.29) is 0 Å². The van der Waals surface area contributed by atoms with Crippen LogP contribution in [0.2, 0.25) is 0 Å². The molecule has 3 rings (SSSR count). The molecule has 90 valence electrons. The van der Waals surface area contributed by atoms with Crippen molar-refractivity contribution in [2.24, 2.45) is 0 Å². The van der Waals surface area contributed by atoms with Gasteiger partial charge in [0.2, 0.25) is 5.89 Å². The number of nitrogens with zero attached hydrogens (tertiary/aromatic N) is 4. The van der Waals surface area contributed by atoms with E-state index in [9.17, 15) is 0 Å². The van der Waals surface area contributed by atoms with Crippen molar-refractivity contribution in [3.05, 3.63) is 35.6 Å². The normalized spacial score (nSPS) is 14.2. The Kier molecular flexibility index (Phi) is 2.65. The lowest BCUT2D eigenvalue weighted by Gasteiger charge is -2.01. The van der Waals surface area contributed by atoms with Crippen molar-refractivity contribution in [3.63, 3.8) is 0 Å². The maximum absolute atomic E-state index is 8.65. The molecule has 2 aromatic rings. The second-order valence-electron chi connectivity index (χ2n) is 4.22. The lowest BCUT2D eigenvalue weighted by molar-refractivity contribution is 0.374. The van der Waals surface area contributed by atoms with Crippen LogP contribution in [-0.2, 0) is 6.54 Å². The largest absolute Gasteiger partial charge is 0.363 e. The van der Waals surface area contributed by atoms with E-state index in [0.717, 1.165) is 18.7 Å². The quantitative estimate of drug-likeness (QED) is 0.878. The summed E-state index contributed by atoms with van der Waals surface area (Å²) in [6.07, 6.45) is 3.81. The summed E-state index contributed by atoms with van der Waals surface area (Å²) in [6, 6.07) is 5.48. The first-order valence-corrected chi connectivity index (χ1v) is 5.77. The average Bonchev–Trinajstić information content (AvgIpc) is 3.16. The number of rotatable bonds is 4. The van der Waals surface area contributed by atoms with Gasteiger partial charge in [-0.25, -0.2) is 4.98 Å². The summed E-state index contributed by atoms with van der Waals surface area (Å²) < 4.78 is 5.15. The molecule has 0 aliphatic heterocycles. The van der Waals surface area contributed by atoms with Gasteiger partial charge in [-0.3, -0.25) is 0 Å². The number of anilines is 1. The smallest absolute Gasteiger partial charge is 0.229 e. The van der Waals surface area contributed by atoms with Gasteiger partial charge in [-0.15, -0.1) is 0 Å². The van der Waals surface area contributed by atoms with Gasteiger partial charge in [-0.05, 0) is 25.0 Å². The topological polar surface area (TPSA) is 87.6 Å². The highest BCUT2D eigenvalue weighted by Crippen LogP contribution is 2.38. The van der Waals surface area contributed by atoms with Gasteiger partial charge in [0.05, 0.1) is 12.1 Å². The van der Waals surface area contributed by atoms with Crippen LogP contribution in [0.25, 0.3) is 0 Å². The first-order chi connectivity index (χ1) is 8.85. The van der Waals surface area contributed by atoms with Gasteiger partial charge in [-0.1, -0.05) is 5.16 Å². The summed E-state index contributed by atoms with van der Waals surface area (Å²) in [4.78, 5) is 8.40. The minimum atomic E-state index is 0.467. The predicted octanol–water partition coefficient (Wildman–Crippen LogP) is 1.83. The van der Waals surface area contributed by atoms with Crippen LogP contribution in [0.4, 0.5) is 5.82 Å². The standard InChI is InChI=1S/C12H11N5O/c13-5-8-1-4-10(14-6-8)15-7-11-16-12(18-17-11)9-2-3-9/h1,4,6,9H,2-3,7H2,(H,14,15). The van der Waals surface area contributed by atoms with Crippen LogP contribution in [-0.4, -0.2) is 15.1 Å². The Hall–Kier alpha value is -2.42. The Bertz CT molecular complexity index is 579. The second-order valence-corrected chi connectivity index (χ2v) is 4.22. The number of pyridine rings is 1. The molecule has 1 fully saturated rings. The lowest BCUT2D eigenvalue weighted by Crippen LogP contribution is -2.02. The fourth-order valence-electron chi connectivity index (χ4n) is 1.57. The SMILES string of the molecule is N#Cc1ccc(NCc2noc(C3CC3)n2)nc1. The van der Waals surface area contributed by atoms with Crippen LogP contribution in [0, 0.1) is 11.3 Å². The molecule has 6 heteroatoms. The number of aromatic nitrogens is 3. The second kappa shape index (κ2) is 4.45. The minimum absolute atomic E-state index is 0.467. The van der Waals surface area contributed by atoms with Crippen molar-refractivity contribution >= 4 is 5.82 Å². The molecule has 0 unspecified atom stereocenters. The maximum Gasteiger partial charge on any atom is 0.229 e. The summed E-state index contributed by atoms with van der Waals surface area (Å²) in [5.41, 5.74) is 0.538. The molecule has 1 aliphatic rings. The zero-order valence-electron chi connectivity index (χ0n) is 9.63. The Morgan fingerprint density at radius 1 is 1.44 bits per heavy atom. The van der Waals surface area contributed by atoms with Gasteiger partial charge in [0.1, 0.15) is 11.9 Å². The monoisotopic (exact) mass is 241 g/mol. The van der Waals surface area contributed by atoms with Gasteiger partial charge in [0.15, 0.2) is 5.82 Å². The number of nitriles is 1. The van der Waals surface area contributed by atoms with Crippen molar-refractivity contribution in [1.29, 1.82) is 5.26 Å². The van der Waals surface area contributed by atoms with Gasteiger partial charge >= 0.3 is 0 Å². The van der Waals surface area contributed by atoms with Crippen LogP contribution in [0.15, 0.2) is 22.9 Å². The molecular weight excluding hydrogens is 230 g/mol. The molecule has 18 heavy (non-hydrogen) atoms. The summed E-state index contributed by atoms with van der Waals surface area (Å²) in [6.45, 7) is 0.467. The Morgan fingerprint density at radius 3 is 3.00 bits per heavy atom. The van der Waals surface area contributed by atoms with E-state index in [0.29, 0.717) is 29.7 Å². The number of hydrogen-bond donors (Lipinski definition) is 1. The van der Waals surface area contributed by atoms with E-state index in [1.165, 1.54) is 6.20 Å². The molecule has 0 bridgehead atoms. The van der Waals surface area contributed by atoms with E-state index in [2.05, 4.69) is 20.4 Å². The molecule has 2 heterocycles. The Labute approximate surface area is 104 Å². The van der Waals surface area contributed by atoms with E-state index in [1.54, 1.807) is 12.1 Å². The highest BCUT2D eigenvalue weighted by Gasteiger charge is 2.29. The van der Waals surface area contributed by atoms with Crippen molar-refractivity contribution < 1.29 is 4.52 Å². The van der Waals surface area contributed by atoms with Gasteiger partial charge in [0.25, 0.3) is 0 Å². The Balaban J connectivity index is 1.60. The summed E-state index contributed by atoms with van der Waals surface area (Å²) in [7, 11) is 0. The van der Waals surface area contributed by atoms with Gasteiger partial charge in [0, 0.05) is 12.1 Å². The molecule has 1 aliphatic carbocycles. The molecule has 0 spiro atoms. The third kappa shape index (κ3) is 2.30. The van der Waals surface area contributed by atoms with E-state index in [1.807, 2.05) is 6.07 Å². The molecule has 2 aromatic heterocycles. The molecule has 0 saturated heterocycles. The molecule has 0 aromatic carbocycles. The van der Waals surface area contributed by atoms with Gasteiger partial charge < -0.3 is 9.84 Å². The molecule has 0 amide bonds. The van der Waals surface area contributed by atoms with E-state index in [4.69, 9.17) is 9.78 Å². The van der Waals surface area contributed by atoms with E-state index < -0.39 is 0 Å². The van der Waals surface area contributed by atoms with Gasteiger partial charge in [-0.2, -0.15) is 10.2 Å². The molecule has 0 atom stereocenters. The van der Waals surface area contributed by atoms with Crippen LogP contribution < -0.4 is 5.32 Å². The first kappa shape index (κ1) is 10.7. The molecule has 1 N–H and O–H groups in total. The first-order valence-electron chi connectivity index (χ1n) is 5.77. The molecular formula is C12H11N5O. The van der Waals surface area contributed by atoms with Crippen LogP contribution in [0.3, 0.4) is 0 Å². The minimum Gasteiger partial charge on any atom is -0.363 e. The molecule has 0 radical (unpaired) electrons. The highest BCUT2D eigenvalue weighted by atomic mass is 16.5. The predicted molar refractivity (Wildman–Crippen MR) is 62.6 cm³/mol. The van der Waals surface area contributed by atoms with Crippen molar-refractivity contribution in [2.45, 2.75) is 25.3 Å². The lowest BCUT2D eigenvalue weighted by atomic mass is 10.3. The van der Waals surface area contributed by atoms with Crippen LogP contribution in [0.5, 0.6) is 0 Å². The fourth-order valence-corrected chi connectivity index (χ4v) is 1.57. The zero-order chi connectivity index (χ0) is 12.4. The van der Waals surface area contributed by atoms with Crippen molar-refractivity contribution in [2.75, 3.05) is 5.32 Å². The Morgan fingerprint density at radius 2 is 2.33 bits per heavy atom. The third-order valence-electron chi connectivity index (χ3n) is 2.73. The van der Waals surface area contributed by atoms with Crippen LogP contribution in [0.1, 0.15) is 36.0 Å². The number of nitrogens with one attached hydrogen (secondary N) is 1.